The normalized spacial score (nSPS) is 11.9. The van der Waals surface area contributed by atoms with Crippen LogP contribution >= 0.6 is 23.4 Å². The molecule has 0 saturated heterocycles. The van der Waals surface area contributed by atoms with Crippen LogP contribution in [0, 0.1) is 0 Å². The molecule has 0 fully saturated rings. The quantitative estimate of drug-likeness (QED) is 0.807. The van der Waals surface area contributed by atoms with Crippen LogP contribution in [-0.2, 0) is 10.5 Å². The summed E-state index contributed by atoms with van der Waals surface area (Å²) >= 11 is 7.39. The molecule has 0 heterocycles. The van der Waals surface area contributed by atoms with E-state index in [1.54, 1.807) is 17.8 Å². The highest BCUT2D eigenvalue weighted by Gasteiger charge is 2.15. The van der Waals surface area contributed by atoms with Crippen molar-refractivity contribution in [3.63, 3.8) is 0 Å². The SMILES string of the molecule is CC(SCc1ccccc1)C(=O)Nc1cc(Cl)ccc1O. The molecule has 0 saturated carbocycles. The second kappa shape index (κ2) is 7.38. The second-order valence-electron chi connectivity index (χ2n) is 4.59. The first-order chi connectivity index (χ1) is 10.1. The van der Waals surface area contributed by atoms with Crippen molar-refractivity contribution < 1.29 is 9.90 Å². The molecule has 2 rings (SSSR count). The predicted molar refractivity (Wildman–Crippen MR) is 88.9 cm³/mol. The van der Waals surface area contributed by atoms with Gasteiger partial charge in [-0.25, -0.2) is 0 Å². The largest absolute Gasteiger partial charge is 0.506 e. The first kappa shape index (κ1) is 15.7. The van der Waals surface area contributed by atoms with E-state index in [-0.39, 0.29) is 16.9 Å². The molecule has 0 aliphatic rings. The smallest absolute Gasteiger partial charge is 0.237 e. The van der Waals surface area contributed by atoms with E-state index in [1.165, 1.54) is 17.7 Å². The Kier molecular flexibility index (Phi) is 5.53. The van der Waals surface area contributed by atoms with E-state index in [2.05, 4.69) is 5.32 Å². The molecular formula is C16H16ClNO2S. The van der Waals surface area contributed by atoms with Gasteiger partial charge < -0.3 is 10.4 Å². The Balaban J connectivity index is 1.92. The van der Waals surface area contributed by atoms with Gasteiger partial charge in [-0.3, -0.25) is 4.79 Å². The second-order valence-corrected chi connectivity index (χ2v) is 6.36. The lowest BCUT2D eigenvalue weighted by Crippen LogP contribution is -2.22. The number of thioether (sulfide) groups is 1. The lowest BCUT2D eigenvalue weighted by Gasteiger charge is -2.13. The first-order valence-corrected chi connectivity index (χ1v) is 7.94. The molecule has 1 atom stereocenters. The molecule has 0 aliphatic heterocycles. The summed E-state index contributed by atoms with van der Waals surface area (Å²) in [6.07, 6.45) is 0. The fourth-order valence-corrected chi connectivity index (χ4v) is 2.73. The Morgan fingerprint density at radius 2 is 2.00 bits per heavy atom. The van der Waals surface area contributed by atoms with Gasteiger partial charge in [0.05, 0.1) is 10.9 Å². The van der Waals surface area contributed by atoms with Crippen LogP contribution in [0.5, 0.6) is 5.75 Å². The van der Waals surface area contributed by atoms with Gasteiger partial charge in [0.15, 0.2) is 0 Å². The minimum absolute atomic E-state index is 0.00742. The highest BCUT2D eigenvalue weighted by Crippen LogP contribution is 2.27. The minimum Gasteiger partial charge on any atom is -0.506 e. The molecule has 3 nitrogen and oxygen atoms in total. The number of amides is 1. The third-order valence-corrected chi connectivity index (χ3v) is 4.38. The van der Waals surface area contributed by atoms with Crippen molar-refractivity contribution in [1.82, 2.24) is 0 Å². The zero-order chi connectivity index (χ0) is 15.2. The number of hydrogen-bond acceptors (Lipinski definition) is 3. The first-order valence-electron chi connectivity index (χ1n) is 6.51. The standard InChI is InChI=1S/C16H16ClNO2S/c1-11(21-10-12-5-3-2-4-6-12)16(20)18-14-9-13(17)7-8-15(14)19/h2-9,11,19H,10H2,1H3,(H,18,20). The van der Waals surface area contributed by atoms with Crippen molar-refractivity contribution in [2.24, 2.45) is 0 Å². The van der Waals surface area contributed by atoms with Gasteiger partial charge in [0.1, 0.15) is 5.75 Å². The number of anilines is 1. The van der Waals surface area contributed by atoms with Crippen LogP contribution in [0.4, 0.5) is 5.69 Å². The molecule has 0 aromatic heterocycles. The van der Waals surface area contributed by atoms with Crippen molar-refractivity contribution in [2.75, 3.05) is 5.32 Å². The maximum atomic E-state index is 12.1. The van der Waals surface area contributed by atoms with E-state index in [0.717, 1.165) is 5.75 Å². The number of phenols is 1. The molecule has 2 aromatic carbocycles. The third kappa shape index (κ3) is 4.69. The summed E-state index contributed by atoms with van der Waals surface area (Å²) in [7, 11) is 0. The van der Waals surface area contributed by atoms with Crippen molar-refractivity contribution in [3.05, 3.63) is 59.1 Å². The van der Waals surface area contributed by atoms with Crippen molar-refractivity contribution in [1.29, 1.82) is 0 Å². The summed E-state index contributed by atoms with van der Waals surface area (Å²) in [5.74, 6) is 0.609. The van der Waals surface area contributed by atoms with Gasteiger partial charge in [-0.1, -0.05) is 41.9 Å². The molecule has 0 spiro atoms. The number of carbonyl (C=O) groups is 1. The van der Waals surface area contributed by atoms with E-state index < -0.39 is 0 Å². The van der Waals surface area contributed by atoms with E-state index in [1.807, 2.05) is 37.3 Å². The summed E-state index contributed by atoms with van der Waals surface area (Å²) < 4.78 is 0. The van der Waals surface area contributed by atoms with Crippen LogP contribution in [0.2, 0.25) is 5.02 Å². The van der Waals surface area contributed by atoms with Gasteiger partial charge in [-0.15, -0.1) is 11.8 Å². The molecule has 1 amide bonds. The molecule has 1 unspecified atom stereocenters. The van der Waals surface area contributed by atoms with E-state index in [4.69, 9.17) is 11.6 Å². The maximum absolute atomic E-state index is 12.1. The van der Waals surface area contributed by atoms with E-state index >= 15 is 0 Å². The van der Waals surface area contributed by atoms with Gasteiger partial charge in [-0.2, -0.15) is 0 Å². The fraction of sp³-hybridized carbons (Fsp3) is 0.188. The number of benzene rings is 2. The number of carbonyl (C=O) groups excluding carboxylic acids is 1. The zero-order valence-corrected chi connectivity index (χ0v) is 13.1. The topological polar surface area (TPSA) is 49.3 Å². The zero-order valence-electron chi connectivity index (χ0n) is 11.5. The number of phenolic OH excluding ortho intramolecular Hbond substituents is 1. The lowest BCUT2D eigenvalue weighted by atomic mass is 10.2. The van der Waals surface area contributed by atoms with Crippen LogP contribution in [0.1, 0.15) is 12.5 Å². The van der Waals surface area contributed by atoms with Crippen molar-refractivity contribution in [2.45, 2.75) is 17.9 Å². The van der Waals surface area contributed by atoms with E-state index in [0.29, 0.717) is 10.7 Å². The Labute approximate surface area is 133 Å². The fourth-order valence-electron chi connectivity index (χ4n) is 1.71. The van der Waals surface area contributed by atoms with Crippen LogP contribution in [0.25, 0.3) is 0 Å². The van der Waals surface area contributed by atoms with Crippen molar-refractivity contribution >= 4 is 35.0 Å². The average Bonchev–Trinajstić information content (AvgIpc) is 2.49. The third-order valence-electron chi connectivity index (χ3n) is 2.93. The maximum Gasteiger partial charge on any atom is 0.237 e. The molecule has 2 N–H and O–H groups in total. The Bertz CT molecular complexity index is 619. The van der Waals surface area contributed by atoms with Gasteiger partial charge in [0, 0.05) is 10.8 Å². The summed E-state index contributed by atoms with van der Waals surface area (Å²) in [6.45, 7) is 1.84. The molecule has 0 radical (unpaired) electrons. The number of aromatic hydroxyl groups is 1. The highest BCUT2D eigenvalue weighted by atomic mass is 35.5. The summed E-state index contributed by atoms with van der Waals surface area (Å²) in [4.78, 5) is 12.1. The number of nitrogens with one attached hydrogen (secondary N) is 1. The molecule has 2 aromatic rings. The monoisotopic (exact) mass is 321 g/mol. The molecular weight excluding hydrogens is 306 g/mol. The Morgan fingerprint density at radius 3 is 2.71 bits per heavy atom. The number of rotatable bonds is 5. The minimum atomic E-state index is -0.233. The molecule has 0 aliphatic carbocycles. The highest BCUT2D eigenvalue weighted by molar-refractivity contribution is 7.99. The van der Waals surface area contributed by atoms with Crippen LogP contribution in [0.15, 0.2) is 48.5 Å². The number of halogens is 1. The van der Waals surface area contributed by atoms with Gasteiger partial charge in [0.2, 0.25) is 5.91 Å². The van der Waals surface area contributed by atoms with Gasteiger partial charge in [0.25, 0.3) is 0 Å². The van der Waals surface area contributed by atoms with Crippen molar-refractivity contribution in [3.8, 4) is 5.75 Å². The van der Waals surface area contributed by atoms with Gasteiger partial charge in [-0.05, 0) is 30.7 Å². The van der Waals surface area contributed by atoms with Crippen LogP contribution in [0.3, 0.4) is 0 Å². The average molecular weight is 322 g/mol. The molecule has 5 heteroatoms. The lowest BCUT2D eigenvalue weighted by molar-refractivity contribution is -0.115. The van der Waals surface area contributed by atoms with Gasteiger partial charge >= 0.3 is 0 Å². The molecule has 110 valence electrons. The predicted octanol–water partition coefficient (Wildman–Crippen LogP) is 4.31. The summed E-state index contributed by atoms with van der Waals surface area (Å²) in [5, 5.41) is 12.6. The molecule has 21 heavy (non-hydrogen) atoms. The summed E-state index contributed by atoms with van der Waals surface area (Å²) in [5.41, 5.74) is 1.51. The summed E-state index contributed by atoms with van der Waals surface area (Å²) in [6, 6.07) is 14.5. The Hall–Kier alpha value is -1.65. The number of hydrogen-bond donors (Lipinski definition) is 2. The Morgan fingerprint density at radius 1 is 1.29 bits per heavy atom. The van der Waals surface area contributed by atoms with E-state index in [9.17, 15) is 9.90 Å². The van der Waals surface area contributed by atoms with Crippen LogP contribution < -0.4 is 5.32 Å². The van der Waals surface area contributed by atoms with Crippen LogP contribution in [-0.4, -0.2) is 16.3 Å². The molecule has 0 bridgehead atoms.